The minimum Gasteiger partial charge on any atom is -0.455 e. The zero-order valence-electron chi connectivity index (χ0n) is 16.9. The first-order valence-corrected chi connectivity index (χ1v) is 17.9. The van der Waals surface area contributed by atoms with Gasteiger partial charge in [0, 0.05) is 24.3 Å². The zero-order chi connectivity index (χ0) is 20.7. The van der Waals surface area contributed by atoms with Gasteiger partial charge in [0.1, 0.15) is 0 Å². The molecule has 10 heteroatoms. The van der Waals surface area contributed by atoms with Gasteiger partial charge in [0.25, 0.3) is 0 Å². The number of benzene rings is 1. The van der Waals surface area contributed by atoms with Crippen LogP contribution in [0.4, 0.5) is 0 Å². The second kappa shape index (κ2) is 10.1. The maximum absolute atomic E-state index is 12.3. The number of aromatic nitrogens is 2. The maximum atomic E-state index is 12.3. The van der Waals surface area contributed by atoms with Gasteiger partial charge in [0.2, 0.25) is 10.0 Å². The molecule has 6 nitrogen and oxygen atoms in total. The van der Waals surface area contributed by atoms with Crippen LogP contribution in [0, 0.1) is 0 Å². The topological polar surface area (TPSA) is 81.2 Å². The number of sulfonamides is 1. The molecule has 0 spiro atoms. The highest BCUT2D eigenvalue weighted by Crippen LogP contribution is 2.24. The van der Waals surface area contributed by atoms with Crippen LogP contribution >= 0.6 is 11.8 Å². The van der Waals surface area contributed by atoms with Gasteiger partial charge in [-0.15, -0.1) is 0 Å². The fraction of sp³-hybridized carbons (Fsp3) is 0.444. The molecule has 0 aliphatic rings. The van der Waals surface area contributed by atoms with Crippen LogP contribution in [0.3, 0.4) is 0 Å². The van der Waals surface area contributed by atoms with E-state index in [1.807, 2.05) is 6.07 Å². The largest absolute Gasteiger partial charge is 0.455 e. The third kappa shape index (κ3) is 8.13. The molecule has 0 bridgehead atoms. The summed E-state index contributed by atoms with van der Waals surface area (Å²) in [4.78, 5) is 8.81. The first-order chi connectivity index (χ1) is 13.1. The molecule has 2 aromatic rings. The number of thioether (sulfide) groups is 1. The molecule has 0 amide bonds. The van der Waals surface area contributed by atoms with Gasteiger partial charge in [-0.25, -0.2) is 23.1 Å². The van der Waals surface area contributed by atoms with Crippen molar-refractivity contribution in [1.82, 2.24) is 14.7 Å². The molecule has 0 atom stereocenters. The van der Waals surface area contributed by atoms with Crippen LogP contribution < -0.4 is 4.72 Å². The molecule has 0 saturated heterocycles. The van der Waals surface area contributed by atoms with E-state index in [9.17, 15) is 8.42 Å². The van der Waals surface area contributed by atoms with Crippen LogP contribution in [0.5, 0.6) is 0 Å². The summed E-state index contributed by atoms with van der Waals surface area (Å²) in [5.74, 6) is 0. The summed E-state index contributed by atoms with van der Waals surface area (Å²) in [5, 5.41) is 1.68. The van der Waals surface area contributed by atoms with Crippen LogP contribution in [0.2, 0.25) is 32.2 Å². The first kappa shape index (κ1) is 23.2. The van der Waals surface area contributed by atoms with Crippen molar-refractivity contribution in [2.24, 2.45) is 0 Å². The van der Waals surface area contributed by atoms with Crippen molar-refractivity contribution in [3.05, 3.63) is 48.8 Å². The summed E-state index contributed by atoms with van der Waals surface area (Å²) in [7, 11) is -7.18. The van der Waals surface area contributed by atoms with Gasteiger partial charge >= 0.3 is 0 Å². The van der Waals surface area contributed by atoms with Gasteiger partial charge in [-0.2, -0.15) is 0 Å². The molecule has 1 aromatic carbocycles. The van der Waals surface area contributed by atoms with Crippen LogP contribution in [-0.2, 0) is 14.1 Å². The van der Waals surface area contributed by atoms with Crippen molar-refractivity contribution >= 4 is 38.4 Å². The summed E-state index contributed by atoms with van der Waals surface area (Å²) in [6.07, 6.45) is 4.27. The summed E-state index contributed by atoms with van der Waals surface area (Å²) in [6.45, 7) is 9.27. The Bertz CT molecular complexity index is 836. The Morgan fingerprint density at radius 3 is 2.29 bits per heavy atom. The predicted molar refractivity (Wildman–Crippen MR) is 120 cm³/mol. The molecule has 0 radical (unpaired) electrons. The highest BCUT2D eigenvalue weighted by Gasteiger charge is 2.33. The smallest absolute Gasteiger partial charge is 0.240 e. The summed E-state index contributed by atoms with van der Waals surface area (Å²) >= 11 is 1.64. The Morgan fingerprint density at radius 1 is 1.00 bits per heavy atom. The average molecular weight is 456 g/mol. The van der Waals surface area contributed by atoms with Crippen LogP contribution in [0.25, 0.3) is 0 Å². The summed E-state index contributed by atoms with van der Waals surface area (Å²) < 4.78 is 33.8. The second-order valence-corrected chi connectivity index (χ2v) is 19.7. The zero-order valence-corrected chi connectivity index (χ0v) is 20.5. The molecular weight excluding hydrogens is 427 g/mol. The van der Waals surface area contributed by atoms with E-state index in [1.54, 1.807) is 54.5 Å². The fourth-order valence-corrected chi connectivity index (χ4v) is 14.3. The van der Waals surface area contributed by atoms with Gasteiger partial charge < -0.3 is 4.12 Å². The van der Waals surface area contributed by atoms with Crippen molar-refractivity contribution < 1.29 is 12.5 Å². The van der Waals surface area contributed by atoms with Gasteiger partial charge in [0.15, 0.2) is 21.8 Å². The molecule has 0 fully saturated rings. The third-order valence-electron chi connectivity index (χ3n) is 3.94. The lowest BCUT2D eigenvalue weighted by Crippen LogP contribution is -2.46. The highest BCUT2D eigenvalue weighted by molar-refractivity contribution is 8.00. The summed E-state index contributed by atoms with van der Waals surface area (Å²) in [5.41, 5.74) is 0. The molecule has 1 N–H and O–H groups in total. The van der Waals surface area contributed by atoms with Gasteiger partial charge in [0.05, 0.1) is 4.90 Å². The third-order valence-corrected chi connectivity index (χ3v) is 15.2. The van der Waals surface area contributed by atoms with E-state index >= 15 is 0 Å². The maximum Gasteiger partial charge on any atom is 0.240 e. The molecule has 0 unspecified atom stereocenters. The van der Waals surface area contributed by atoms with E-state index < -0.39 is 26.7 Å². The monoisotopic (exact) mass is 455 g/mol. The molecule has 2 rings (SSSR count). The highest BCUT2D eigenvalue weighted by atomic mass is 32.2. The molecule has 28 heavy (non-hydrogen) atoms. The number of rotatable bonds is 11. The molecule has 1 heterocycles. The van der Waals surface area contributed by atoms with Gasteiger partial charge in [-0.1, -0.05) is 30.0 Å². The minimum absolute atomic E-state index is 0.302. The fourth-order valence-electron chi connectivity index (χ4n) is 2.83. The molecule has 0 aliphatic carbocycles. The van der Waals surface area contributed by atoms with Crippen LogP contribution in [0.1, 0.15) is 6.42 Å². The predicted octanol–water partition coefficient (Wildman–Crippen LogP) is 3.90. The van der Waals surface area contributed by atoms with Crippen molar-refractivity contribution in [1.29, 1.82) is 0 Å². The Balaban J connectivity index is 1.77. The SMILES string of the molecule is C[Si](C)(CCCNS(=O)(=O)c1ccccc1)O[Si](C)(C)CSc1ncccn1. The average Bonchev–Trinajstić information content (AvgIpc) is 2.65. The van der Waals surface area contributed by atoms with E-state index in [0.717, 1.165) is 23.0 Å². The number of nitrogens with zero attached hydrogens (tertiary/aromatic N) is 2. The van der Waals surface area contributed by atoms with Gasteiger partial charge in [-0.3, -0.25) is 0 Å². The quantitative estimate of drug-likeness (QED) is 0.239. The van der Waals surface area contributed by atoms with E-state index in [0.29, 0.717) is 11.4 Å². The number of hydrogen-bond acceptors (Lipinski definition) is 6. The van der Waals surface area contributed by atoms with Gasteiger partial charge in [-0.05, 0) is 56.9 Å². The molecule has 1 aromatic heterocycles. The standard InChI is InChI=1S/C18H29N3O3S2Si2/c1-27(2,24-28(3,4)16-25-18-19-12-8-13-20-18)15-9-14-21-26(22,23)17-10-6-5-7-11-17/h5-8,10-13,21H,9,14-16H2,1-4H3. The number of hydrogen-bond donors (Lipinski definition) is 1. The van der Waals surface area contributed by atoms with E-state index in [4.69, 9.17) is 4.12 Å². The van der Waals surface area contributed by atoms with Crippen molar-refractivity contribution in [3.8, 4) is 0 Å². The molecule has 154 valence electrons. The lowest BCUT2D eigenvalue weighted by atomic mass is 10.4. The van der Waals surface area contributed by atoms with Crippen molar-refractivity contribution in [2.45, 2.75) is 48.7 Å². The van der Waals surface area contributed by atoms with Crippen LogP contribution in [-0.4, -0.2) is 46.9 Å². The Morgan fingerprint density at radius 2 is 1.64 bits per heavy atom. The Labute approximate surface area is 174 Å². The first-order valence-electron chi connectivity index (χ1n) is 9.24. The number of nitrogens with one attached hydrogen (secondary N) is 1. The molecule has 0 aliphatic heterocycles. The molecule has 0 saturated carbocycles. The second-order valence-electron chi connectivity index (χ2n) is 7.76. The van der Waals surface area contributed by atoms with E-state index in [2.05, 4.69) is 40.9 Å². The normalized spacial score (nSPS) is 12.9. The summed E-state index contributed by atoms with van der Waals surface area (Å²) in [6, 6.07) is 11.2. The minimum atomic E-state index is -3.44. The van der Waals surface area contributed by atoms with Crippen molar-refractivity contribution in [2.75, 3.05) is 11.9 Å². The molecular formula is C18H29N3O3S2Si2. The van der Waals surface area contributed by atoms with Crippen molar-refractivity contribution in [3.63, 3.8) is 0 Å². The van der Waals surface area contributed by atoms with E-state index in [1.165, 1.54) is 0 Å². The van der Waals surface area contributed by atoms with E-state index in [-0.39, 0.29) is 0 Å². The van der Waals surface area contributed by atoms with Crippen LogP contribution in [0.15, 0.2) is 58.8 Å². The Hall–Kier alpha value is -1.05. The Kier molecular flexibility index (Phi) is 8.40. The lowest BCUT2D eigenvalue weighted by molar-refractivity contribution is 0.540. The lowest BCUT2D eigenvalue weighted by Gasteiger charge is -2.33.